The van der Waals surface area contributed by atoms with E-state index in [9.17, 15) is 14.9 Å². The van der Waals surface area contributed by atoms with Gasteiger partial charge in [-0.1, -0.05) is 0 Å². The first-order chi connectivity index (χ1) is 9.00. The summed E-state index contributed by atoms with van der Waals surface area (Å²) in [7, 11) is 0. The smallest absolute Gasteiger partial charge is 0.277 e. The fraction of sp³-hybridized carbons (Fsp3) is 0.538. The largest absolute Gasteiger partial charge is 0.346 e. The van der Waals surface area contributed by atoms with Crippen LogP contribution in [-0.2, 0) is 4.79 Å². The van der Waals surface area contributed by atoms with Crippen molar-refractivity contribution in [1.82, 2.24) is 4.98 Å². The van der Waals surface area contributed by atoms with Gasteiger partial charge < -0.3 is 4.90 Å². The topological polar surface area (TPSA) is 76.3 Å². The highest BCUT2D eigenvalue weighted by Gasteiger charge is 2.28. The summed E-state index contributed by atoms with van der Waals surface area (Å²) in [5, 5.41) is 11.0. The third kappa shape index (κ3) is 2.72. The lowest BCUT2D eigenvalue weighted by Gasteiger charge is -2.34. The van der Waals surface area contributed by atoms with E-state index in [4.69, 9.17) is 0 Å². The Bertz CT molecular complexity index is 516. The molecule has 0 aromatic carbocycles. The molecule has 19 heavy (non-hydrogen) atoms. The van der Waals surface area contributed by atoms with Crippen molar-refractivity contribution in [2.24, 2.45) is 0 Å². The van der Waals surface area contributed by atoms with Crippen molar-refractivity contribution < 1.29 is 9.72 Å². The van der Waals surface area contributed by atoms with E-state index >= 15 is 0 Å². The number of ketones is 1. The zero-order valence-electron chi connectivity index (χ0n) is 11.1. The second kappa shape index (κ2) is 5.34. The number of piperidine rings is 1. The molecule has 0 amide bonds. The maximum absolute atomic E-state index is 11.7. The molecule has 0 bridgehead atoms. The lowest BCUT2D eigenvalue weighted by molar-refractivity contribution is -0.385. The molecular weight excluding hydrogens is 246 g/mol. The zero-order chi connectivity index (χ0) is 14.0. The molecule has 1 aliphatic rings. The first-order valence-electron chi connectivity index (χ1n) is 6.39. The van der Waals surface area contributed by atoms with Gasteiger partial charge in [-0.15, -0.1) is 0 Å². The van der Waals surface area contributed by atoms with Gasteiger partial charge in [-0.25, -0.2) is 4.98 Å². The zero-order valence-corrected chi connectivity index (χ0v) is 11.1. The normalized spacial score (nSPS) is 19.3. The Morgan fingerprint density at radius 2 is 2.26 bits per heavy atom. The van der Waals surface area contributed by atoms with Gasteiger partial charge in [0.2, 0.25) is 0 Å². The van der Waals surface area contributed by atoms with Crippen molar-refractivity contribution >= 4 is 17.3 Å². The molecule has 1 unspecified atom stereocenters. The second-order valence-electron chi connectivity index (χ2n) is 4.90. The van der Waals surface area contributed by atoms with E-state index in [0.717, 1.165) is 25.8 Å². The molecule has 102 valence electrons. The minimum absolute atomic E-state index is 0.0536. The van der Waals surface area contributed by atoms with Crippen molar-refractivity contribution in [2.75, 3.05) is 11.4 Å². The molecule has 1 fully saturated rings. The Kier molecular flexibility index (Phi) is 3.78. The van der Waals surface area contributed by atoms with Crippen molar-refractivity contribution in [3.63, 3.8) is 0 Å². The minimum Gasteiger partial charge on any atom is -0.346 e. The van der Waals surface area contributed by atoms with E-state index in [1.807, 2.05) is 4.90 Å². The molecule has 1 atom stereocenters. The number of Topliss-reactive ketones (excluding diaryl/α,β-unsaturated/α-hetero) is 1. The van der Waals surface area contributed by atoms with Gasteiger partial charge in [0.15, 0.2) is 5.78 Å². The Balaban J connectivity index is 2.36. The van der Waals surface area contributed by atoms with Crippen LogP contribution in [0.3, 0.4) is 0 Å². The summed E-state index contributed by atoms with van der Waals surface area (Å²) in [5.41, 5.74) is 0.586. The molecule has 0 N–H and O–H groups in total. The first-order valence-corrected chi connectivity index (χ1v) is 6.39. The Morgan fingerprint density at radius 1 is 1.53 bits per heavy atom. The van der Waals surface area contributed by atoms with Crippen LogP contribution in [0.15, 0.2) is 12.3 Å². The second-order valence-corrected chi connectivity index (χ2v) is 4.90. The molecule has 0 aliphatic carbocycles. The van der Waals surface area contributed by atoms with Crippen LogP contribution < -0.4 is 4.90 Å². The Morgan fingerprint density at radius 3 is 2.89 bits per heavy atom. The molecule has 0 spiro atoms. The minimum atomic E-state index is -0.409. The molecular formula is C13H17N3O3. The molecule has 2 heterocycles. The summed E-state index contributed by atoms with van der Waals surface area (Å²) < 4.78 is 0. The summed E-state index contributed by atoms with van der Waals surface area (Å²) in [6.45, 7) is 3.94. The maximum atomic E-state index is 11.7. The number of nitrogens with zero attached hydrogens (tertiary/aromatic N) is 3. The predicted molar refractivity (Wildman–Crippen MR) is 71.3 cm³/mol. The SMILES string of the molecule is CC(=O)C1CCCCN1c1cc([N+](=O)[O-])c(C)cn1. The number of anilines is 1. The number of aromatic nitrogens is 1. The fourth-order valence-corrected chi connectivity index (χ4v) is 2.48. The molecule has 1 aromatic heterocycles. The van der Waals surface area contributed by atoms with E-state index in [-0.39, 0.29) is 17.5 Å². The quantitative estimate of drug-likeness (QED) is 0.617. The van der Waals surface area contributed by atoms with E-state index in [2.05, 4.69) is 4.98 Å². The van der Waals surface area contributed by atoms with Crippen molar-refractivity contribution in [2.45, 2.75) is 39.2 Å². The van der Waals surface area contributed by atoms with Crippen LogP contribution in [-0.4, -0.2) is 28.3 Å². The van der Waals surface area contributed by atoms with Crippen LogP contribution in [0, 0.1) is 17.0 Å². The van der Waals surface area contributed by atoms with Gasteiger partial charge in [-0.05, 0) is 33.1 Å². The average Bonchev–Trinajstić information content (AvgIpc) is 2.39. The average molecular weight is 263 g/mol. The van der Waals surface area contributed by atoms with Crippen LogP contribution >= 0.6 is 0 Å². The van der Waals surface area contributed by atoms with Gasteiger partial charge in [-0.3, -0.25) is 14.9 Å². The van der Waals surface area contributed by atoms with Crippen LogP contribution in [0.2, 0.25) is 0 Å². The van der Waals surface area contributed by atoms with E-state index in [0.29, 0.717) is 11.4 Å². The van der Waals surface area contributed by atoms with Crippen LogP contribution in [0.5, 0.6) is 0 Å². The first kappa shape index (κ1) is 13.5. The number of nitro groups is 1. The molecule has 6 nitrogen and oxygen atoms in total. The van der Waals surface area contributed by atoms with Gasteiger partial charge in [0.25, 0.3) is 5.69 Å². The number of rotatable bonds is 3. The summed E-state index contributed by atoms with van der Waals surface area (Å²) in [5.74, 6) is 0.613. The molecule has 1 aromatic rings. The fourth-order valence-electron chi connectivity index (χ4n) is 2.48. The highest BCUT2D eigenvalue weighted by molar-refractivity contribution is 5.85. The van der Waals surface area contributed by atoms with Gasteiger partial charge in [0.05, 0.1) is 17.0 Å². The van der Waals surface area contributed by atoms with Crippen LogP contribution in [0.4, 0.5) is 11.5 Å². The Labute approximate surface area is 111 Å². The van der Waals surface area contributed by atoms with Gasteiger partial charge >= 0.3 is 0 Å². The third-order valence-electron chi connectivity index (χ3n) is 3.52. The third-order valence-corrected chi connectivity index (χ3v) is 3.52. The standard InChI is InChI=1S/C13H17N3O3/c1-9-8-14-13(7-12(9)16(18)19)15-6-4-3-5-11(15)10(2)17/h7-8,11H,3-6H2,1-2H3. The monoisotopic (exact) mass is 263 g/mol. The molecule has 6 heteroatoms. The summed E-state index contributed by atoms with van der Waals surface area (Å²) in [6.07, 6.45) is 4.28. The lowest BCUT2D eigenvalue weighted by Crippen LogP contribution is -2.44. The molecule has 2 rings (SSSR count). The van der Waals surface area contributed by atoms with Crippen LogP contribution in [0.1, 0.15) is 31.7 Å². The molecule has 0 saturated carbocycles. The Hall–Kier alpha value is -1.98. The number of carbonyl (C=O) groups is 1. The van der Waals surface area contributed by atoms with Gasteiger partial charge in [0, 0.05) is 18.3 Å². The van der Waals surface area contributed by atoms with E-state index < -0.39 is 4.92 Å². The molecule has 1 saturated heterocycles. The van der Waals surface area contributed by atoms with Gasteiger partial charge in [0.1, 0.15) is 5.82 Å². The summed E-state index contributed by atoms with van der Waals surface area (Å²) >= 11 is 0. The number of pyridine rings is 1. The molecule has 0 radical (unpaired) electrons. The summed E-state index contributed by atoms with van der Waals surface area (Å²) in [6, 6.07) is 1.26. The van der Waals surface area contributed by atoms with E-state index in [1.165, 1.54) is 12.3 Å². The molecule has 1 aliphatic heterocycles. The lowest BCUT2D eigenvalue weighted by atomic mass is 9.99. The number of aryl methyl sites for hydroxylation is 1. The maximum Gasteiger partial charge on any atom is 0.277 e. The highest BCUT2D eigenvalue weighted by atomic mass is 16.6. The van der Waals surface area contributed by atoms with Crippen LogP contribution in [0.25, 0.3) is 0 Å². The predicted octanol–water partition coefficient (Wildman–Crippen LogP) is 2.25. The van der Waals surface area contributed by atoms with Crippen molar-refractivity contribution in [3.05, 3.63) is 27.9 Å². The number of carbonyl (C=O) groups excluding carboxylic acids is 1. The van der Waals surface area contributed by atoms with Gasteiger partial charge in [-0.2, -0.15) is 0 Å². The number of hydrogen-bond donors (Lipinski definition) is 0. The highest BCUT2D eigenvalue weighted by Crippen LogP contribution is 2.27. The van der Waals surface area contributed by atoms with E-state index in [1.54, 1.807) is 13.8 Å². The number of hydrogen-bond acceptors (Lipinski definition) is 5. The van der Waals surface area contributed by atoms with Crippen molar-refractivity contribution in [1.29, 1.82) is 0 Å². The summed E-state index contributed by atoms with van der Waals surface area (Å²) in [4.78, 5) is 28.4. The van der Waals surface area contributed by atoms with Crippen molar-refractivity contribution in [3.8, 4) is 0 Å².